The average molecular weight is 405 g/mol. The topological polar surface area (TPSA) is 63.8 Å². The zero-order valence-corrected chi connectivity index (χ0v) is 17.9. The van der Waals surface area contributed by atoms with Crippen LogP contribution in [0, 0.1) is 11.3 Å². The van der Waals surface area contributed by atoms with Crippen LogP contribution in [0.25, 0.3) is 11.6 Å². The van der Waals surface area contributed by atoms with Crippen molar-refractivity contribution < 1.29 is 14.2 Å². The van der Waals surface area contributed by atoms with Crippen LogP contribution in [0.5, 0.6) is 17.2 Å². The minimum Gasteiger partial charge on any atom is -0.497 e. The second kappa shape index (κ2) is 12.1. The van der Waals surface area contributed by atoms with Crippen molar-refractivity contribution >= 4 is 17.4 Å². The highest BCUT2D eigenvalue weighted by atomic mass is 16.5. The van der Waals surface area contributed by atoms with Gasteiger partial charge >= 0.3 is 0 Å². The van der Waals surface area contributed by atoms with Crippen molar-refractivity contribution in [3.63, 3.8) is 0 Å². The summed E-state index contributed by atoms with van der Waals surface area (Å²) >= 11 is 0. The standard InChI is InChI=1S/C25H28N2O3/c1-5-6-7-8-14-27-23(18-26)22(20-10-9-11-21(17-20)28-2)15-19-12-13-24(29-3)25(16-19)30-4/h5,9-13,15-17H,1,6-8,14H2,2-4H3. The highest BCUT2D eigenvalue weighted by molar-refractivity contribution is 6.34. The molecule has 0 aliphatic heterocycles. The Morgan fingerprint density at radius 1 is 1.03 bits per heavy atom. The van der Waals surface area contributed by atoms with Crippen molar-refractivity contribution in [2.45, 2.75) is 19.3 Å². The first-order valence-electron chi connectivity index (χ1n) is 9.80. The number of rotatable bonds is 11. The van der Waals surface area contributed by atoms with Gasteiger partial charge in [-0.1, -0.05) is 24.3 Å². The van der Waals surface area contributed by atoms with Gasteiger partial charge in [-0.3, -0.25) is 4.99 Å². The number of unbranched alkanes of at least 4 members (excludes halogenated alkanes) is 2. The monoisotopic (exact) mass is 404 g/mol. The number of aliphatic imine (C=N–C) groups is 1. The molecule has 0 heterocycles. The first-order chi connectivity index (χ1) is 14.7. The van der Waals surface area contributed by atoms with Crippen LogP contribution in [0.3, 0.4) is 0 Å². The van der Waals surface area contributed by atoms with Crippen LogP contribution < -0.4 is 14.2 Å². The highest BCUT2D eigenvalue weighted by Crippen LogP contribution is 2.30. The Balaban J connectivity index is 2.50. The third kappa shape index (κ3) is 6.25. The van der Waals surface area contributed by atoms with Crippen molar-refractivity contribution in [1.82, 2.24) is 0 Å². The lowest BCUT2D eigenvalue weighted by Gasteiger charge is -2.11. The summed E-state index contributed by atoms with van der Waals surface area (Å²) in [6, 6.07) is 15.5. The van der Waals surface area contributed by atoms with Gasteiger partial charge in [0.15, 0.2) is 11.5 Å². The molecule has 0 N–H and O–H groups in total. The van der Waals surface area contributed by atoms with E-state index in [1.165, 1.54) is 0 Å². The maximum Gasteiger partial charge on any atom is 0.161 e. The Morgan fingerprint density at radius 2 is 1.83 bits per heavy atom. The molecule has 0 bridgehead atoms. The molecule has 0 saturated carbocycles. The van der Waals surface area contributed by atoms with Gasteiger partial charge < -0.3 is 14.2 Å². The summed E-state index contributed by atoms with van der Waals surface area (Å²) in [5.74, 6) is 1.99. The fourth-order valence-corrected chi connectivity index (χ4v) is 2.96. The highest BCUT2D eigenvalue weighted by Gasteiger charge is 2.12. The van der Waals surface area contributed by atoms with E-state index in [1.807, 2.05) is 54.6 Å². The maximum absolute atomic E-state index is 9.83. The normalized spacial score (nSPS) is 11.5. The van der Waals surface area contributed by atoms with E-state index in [1.54, 1.807) is 21.3 Å². The summed E-state index contributed by atoms with van der Waals surface area (Å²) in [4.78, 5) is 4.57. The van der Waals surface area contributed by atoms with Crippen LogP contribution in [-0.4, -0.2) is 33.6 Å². The zero-order chi connectivity index (χ0) is 21.8. The average Bonchev–Trinajstić information content (AvgIpc) is 2.80. The number of hydrogen-bond donors (Lipinski definition) is 0. The van der Waals surface area contributed by atoms with Crippen LogP contribution in [-0.2, 0) is 0 Å². The number of nitriles is 1. The number of methoxy groups -OCH3 is 3. The molecule has 0 saturated heterocycles. The largest absolute Gasteiger partial charge is 0.497 e. The van der Waals surface area contributed by atoms with Crippen LogP contribution in [0.2, 0.25) is 0 Å². The molecule has 0 spiro atoms. The van der Waals surface area contributed by atoms with E-state index in [0.29, 0.717) is 29.5 Å². The number of allylic oxidation sites excluding steroid dienone is 2. The number of hydrogen-bond acceptors (Lipinski definition) is 5. The molecule has 2 aromatic rings. The molecule has 5 heteroatoms. The maximum atomic E-state index is 9.83. The molecular weight excluding hydrogens is 376 g/mol. The Hall–Kier alpha value is -3.52. The molecule has 0 atom stereocenters. The van der Waals surface area contributed by atoms with Gasteiger partial charge in [-0.25, -0.2) is 0 Å². The fraction of sp³-hybridized carbons (Fsp3) is 0.280. The lowest BCUT2D eigenvalue weighted by atomic mass is 9.98. The van der Waals surface area contributed by atoms with Crippen LogP contribution in [0.1, 0.15) is 30.4 Å². The van der Waals surface area contributed by atoms with Crippen LogP contribution in [0.15, 0.2) is 60.1 Å². The molecule has 2 aromatic carbocycles. The lowest BCUT2D eigenvalue weighted by molar-refractivity contribution is 0.355. The molecule has 0 fully saturated rings. The summed E-state index contributed by atoms with van der Waals surface area (Å²) in [6.45, 7) is 4.33. The third-order valence-corrected chi connectivity index (χ3v) is 4.55. The minimum atomic E-state index is 0.386. The first kappa shape index (κ1) is 22.8. The summed E-state index contributed by atoms with van der Waals surface area (Å²) in [6.07, 6.45) is 6.68. The van der Waals surface area contributed by atoms with Gasteiger partial charge in [-0.15, -0.1) is 6.58 Å². The molecule has 0 amide bonds. The molecule has 30 heavy (non-hydrogen) atoms. The molecule has 0 aliphatic carbocycles. The van der Waals surface area contributed by atoms with E-state index in [0.717, 1.165) is 36.0 Å². The van der Waals surface area contributed by atoms with E-state index < -0.39 is 0 Å². The van der Waals surface area contributed by atoms with Crippen molar-refractivity contribution in [2.24, 2.45) is 4.99 Å². The second-order valence-electron chi connectivity index (χ2n) is 6.53. The van der Waals surface area contributed by atoms with Gasteiger partial charge in [0.25, 0.3) is 0 Å². The van der Waals surface area contributed by atoms with Crippen LogP contribution in [0.4, 0.5) is 0 Å². The number of ether oxygens (including phenoxy) is 3. The Labute approximate surface area is 178 Å². The lowest BCUT2D eigenvalue weighted by Crippen LogP contribution is -2.02. The molecule has 0 aliphatic rings. The summed E-state index contributed by atoms with van der Waals surface area (Å²) in [5.41, 5.74) is 2.85. The van der Waals surface area contributed by atoms with E-state index in [9.17, 15) is 5.26 Å². The zero-order valence-electron chi connectivity index (χ0n) is 17.9. The van der Waals surface area contributed by atoms with E-state index in [2.05, 4.69) is 17.6 Å². The van der Waals surface area contributed by atoms with Gasteiger partial charge in [0.2, 0.25) is 0 Å². The van der Waals surface area contributed by atoms with Gasteiger partial charge in [-0.05, 0) is 60.7 Å². The SMILES string of the molecule is C=CCCCCN=C(C#N)C(=Cc1ccc(OC)c(OC)c1)c1cccc(OC)c1. The van der Waals surface area contributed by atoms with Crippen molar-refractivity contribution in [1.29, 1.82) is 5.26 Å². The van der Waals surface area contributed by atoms with Crippen molar-refractivity contribution in [3.05, 3.63) is 66.2 Å². The molecule has 0 unspecified atom stereocenters. The third-order valence-electron chi connectivity index (χ3n) is 4.55. The quantitative estimate of drug-likeness (QED) is 0.212. The number of benzene rings is 2. The van der Waals surface area contributed by atoms with Gasteiger partial charge in [0.1, 0.15) is 17.5 Å². The summed E-state index contributed by atoms with van der Waals surface area (Å²) in [7, 11) is 4.82. The molecule has 0 aromatic heterocycles. The van der Waals surface area contributed by atoms with E-state index in [4.69, 9.17) is 14.2 Å². The van der Waals surface area contributed by atoms with Crippen LogP contribution >= 0.6 is 0 Å². The Morgan fingerprint density at radius 3 is 2.50 bits per heavy atom. The second-order valence-corrected chi connectivity index (χ2v) is 6.53. The molecule has 2 rings (SSSR count). The fourth-order valence-electron chi connectivity index (χ4n) is 2.96. The molecule has 0 radical (unpaired) electrons. The summed E-state index contributed by atoms with van der Waals surface area (Å²) < 4.78 is 16.1. The van der Waals surface area contributed by atoms with E-state index >= 15 is 0 Å². The van der Waals surface area contributed by atoms with Gasteiger partial charge in [-0.2, -0.15) is 5.26 Å². The Kier molecular flexibility index (Phi) is 9.20. The van der Waals surface area contributed by atoms with Crippen molar-refractivity contribution in [3.8, 4) is 23.3 Å². The van der Waals surface area contributed by atoms with Gasteiger partial charge in [0.05, 0.1) is 21.3 Å². The number of nitrogens with zero attached hydrogens (tertiary/aromatic N) is 2. The molecular formula is C25H28N2O3. The molecule has 5 nitrogen and oxygen atoms in total. The predicted octanol–water partition coefficient (Wildman–Crippen LogP) is 5.57. The van der Waals surface area contributed by atoms with E-state index in [-0.39, 0.29) is 0 Å². The minimum absolute atomic E-state index is 0.386. The smallest absolute Gasteiger partial charge is 0.161 e. The molecule has 156 valence electrons. The Bertz CT molecular complexity index is 955. The predicted molar refractivity (Wildman–Crippen MR) is 122 cm³/mol. The van der Waals surface area contributed by atoms with Gasteiger partial charge in [0, 0.05) is 12.1 Å². The summed E-state index contributed by atoms with van der Waals surface area (Å²) in [5, 5.41) is 9.83. The van der Waals surface area contributed by atoms with Crippen molar-refractivity contribution in [2.75, 3.05) is 27.9 Å². The first-order valence-corrected chi connectivity index (χ1v) is 9.80.